The Morgan fingerprint density at radius 1 is 1.19 bits per heavy atom. The van der Waals surface area contributed by atoms with Gasteiger partial charge in [-0.3, -0.25) is 14.5 Å². The molecule has 2 aromatic rings. The Labute approximate surface area is 191 Å². The Balaban J connectivity index is 1.14. The molecule has 3 fully saturated rings. The number of likely N-dealkylation sites (tertiary alicyclic amines) is 1. The second-order valence-corrected chi connectivity index (χ2v) is 9.54. The first-order valence-corrected chi connectivity index (χ1v) is 11.8. The van der Waals surface area contributed by atoms with Gasteiger partial charge in [0.05, 0.1) is 0 Å². The quantitative estimate of drug-likeness (QED) is 0.702. The minimum absolute atomic E-state index is 0.0296. The summed E-state index contributed by atoms with van der Waals surface area (Å²) in [5.41, 5.74) is 0.725. The summed E-state index contributed by atoms with van der Waals surface area (Å²) in [6.45, 7) is 1.34. The summed E-state index contributed by atoms with van der Waals surface area (Å²) in [5.74, 6) is 0.650. The van der Waals surface area contributed by atoms with Gasteiger partial charge in [0.25, 0.3) is 5.91 Å². The Kier molecular flexibility index (Phi) is 5.57. The van der Waals surface area contributed by atoms with Gasteiger partial charge in [-0.25, -0.2) is 9.78 Å². The molecule has 1 aliphatic carbocycles. The van der Waals surface area contributed by atoms with Crippen molar-refractivity contribution in [2.75, 3.05) is 19.6 Å². The van der Waals surface area contributed by atoms with Crippen LogP contribution in [0.25, 0.3) is 11.1 Å². The average molecular weight is 459 g/mol. The van der Waals surface area contributed by atoms with E-state index < -0.39 is 5.54 Å². The van der Waals surface area contributed by atoms with Crippen LogP contribution in [-0.2, 0) is 9.59 Å². The Hall–Kier alpha value is -2.61. The number of nitrogens with zero attached hydrogens (tertiary/aromatic N) is 3. The summed E-state index contributed by atoms with van der Waals surface area (Å²) >= 11 is 6.03. The molecule has 0 unspecified atom stereocenters. The molecular formula is C23H27ClN4O4. The third kappa shape index (κ3) is 3.85. The van der Waals surface area contributed by atoms with Crippen LogP contribution in [0.4, 0.5) is 4.79 Å². The number of halogens is 1. The number of benzene rings is 1. The van der Waals surface area contributed by atoms with Gasteiger partial charge in [0.15, 0.2) is 11.5 Å². The monoisotopic (exact) mass is 458 g/mol. The third-order valence-corrected chi connectivity index (χ3v) is 7.30. The van der Waals surface area contributed by atoms with Crippen LogP contribution in [0, 0.1) is 0 Å². The standard InChI is InChI=1S/C23H27ClN4O4/c24-16-4-5-18-17(14-16)25-20(32-18)15-6-11-27(12-7-15)19(29)8-13-28-21(30)23(26-22(28)31)9-2-1-3-10-23/h4-5,14-15H,1-3,6-13H2,(H,26,31). The normalized spacial score (nSPS) is 21.5. The van der Waals surface area contributed by atoms with Crippen LogP contribution in [0.1, 0.15) is 63.2 Å². The molecule has 32 heavy (non-hydrogen) atoms. The maximum atomic E-state index is 12.9. The first-order valence-electron chi connectivity index (χ1n) is 11.4. The molecule has 8 nitrogen and oxygen atoms in total. The highest BCUT2D eigenvalue weighted by Gasteiger charge is 2.51. The van der Waals surface area contributed by atoms with E-state index in [1.165, 1.54) is 4.90 Å². The van der Waals surface area contributed by atoms with E-state index in [2.05, 4.69) is 10.3 Å². The van der Waals surface area contributed by atoms with E-state index in [0.29, 0.717) is 42.4 Å². The minimum atomic E-state index is -0.736. The number of hydrogen-bond acceptors (Lipinski definition) is 5. The van der Waals surface area contributed by atoms with E-state index in [-0.39, 0.29) is 36.7 Å². The van der Waals surface area contributed by atoms with E-state index in [9.17, 15) is 14.4 Å². The van der Waals surface area contributed by atoms with Crippen molar-refractivity contribution in [2.45, 2.75) is 62.8 Å². The molecule has 5 rings (SSSR count). The van der Waals surface area contributed by atoms with Crippen molar-refractivity contribution < 1.29 is 18.8 Å². The van der Waals surface area contributed by atoms with E-state index >= 15 is 0 Å². The van der Waals surface area contributed by atoms with Gasteiger partial charge in [-0.2, -0.15) is 0 Å². The van der Waals surface area contributed by atoms with E-state index in [0.717, 1.165) is 37.6 Å². The lowest BCUT2D eigenvalue weighted by Gasteiger charge is -2.31. The first kappa shape index (κ1) is 21.2. The number of amides is 4. The lowest BCUT2D eigenvalue weighted by atomic mass is 9.82. The Morgan fingerprint density at radius 3 is 2.69 bits per heavy atom. The van der Waals surface area contributed by atoms with Crippen LogP contribution in [0.2, 0.25) is 5.02 Å². The number of imide groups is 1. The SMILES string of the molecule is O=C(CCN1C(=O)NC2(CCCCC2)C1=O)N1CCC(c2nc3cc(Cl)ccc3o2)CC1. The first-order chi connectivity index (χ1) is 15.4. The zero-order valence-corrected chi connectivity index (χ0v) is 18.7. The van der Waals surface area contributed by atoms with Gasteiger partial charge in [0, 0.05) is 37.0 Å². The molecule has 170 valence electrons. The largest absolute Gasteiger partial charge is 0.440 e. The third-order valence-electron chi connectivity index (χ3n) is 7.07. The van der Waals surface area contributed by atoms with Gasteiger partial charge >= 0.3 is 6.03 Å². The zero-order chi connectivity index (χ0) is 22.3. The molecule has 2 aliphatic heterocycles. The van der Waals surface area contributed by atoms with E-state index in [1.54, 1.807) is 12.1 Å². The molecule has 0 atom stereocenters. The molecule has 0 radical (unpaired) electrons. The topological polar surface area (TPSA) is 95.8 Å². The highest BCUT2D eigenvalue weighted by molar-refractivity contribution is 6.31. The average Bonchev–Trinajstić information content (AvgIpc) is 3.31. The molecule has 1 saturated carbocycles. The maximum absolute atomic E-state index is 12.9. The van der Waals surface area contributed by atoms with Crippen LogP contribution in [0.5, 0.6) is 0 Å². The van der Waals surface area contributed by atoms with Gasteiger partial charge in [0.2, 0.25) is 5.91 Å². The number of nitrogens with one attached hydrogen (secondary N) is 1. The summed E-state index contributed by atoms with van der Waals surface area (Å²) in [6, 6.07) is 5.02. The summed E-state index contributed by atoms with van der Waals surface area (Å²) < 4.78 is 5.89. The predicted molar refractivity (Wildman–Crippen MR) is 118 cm³/mol. The molecular weight excluding hydrogens is 432 g/mol. The lowest BCUT2D eigenvalue weighted by molar-refractivity contribution is -0.134. The van der Waals surface area contributed by atoms with Gasteiger partial charge in [-0.15, -0.1) is 0 Å². The number of urea groups is 1. The van der Waals surface area contributed by atoms with Crippen LogP contribution >= 0.6 is 11.6 Å². The summed E-state index contributed by atoms with van der Waals surface area (Å²) in [6.07, 6.45) is 6.05. The fourth-order valence-corrected chi connectivity index (χ4v) is 5.37. The molecule has 3 heterocycles. The number of fused-ring (bicyclic) bond motifs is 1. The summed E-state index contributed by atoms with van der Waals surface area (Å²) in [4.78, 5) is 45.6. The number of carbonyl (C=O) groups is 3. The number of piperidine rings is 1. The molecule has 9 heteroatoms. The van der Waals surface area contributed by atoms with Crippen molar-refractivity contribution in [1.29, 1.82) is 0 Å². The van der Waals surface area contributed by atoms with Crippen molar-refractivity contribution in [3.8, 4) is 0 Å². The molecule has 1 aromatic heterocycles. The molecule has 2 saturated heterocycles. The van der Waals surface area contributed by atoms with Gasteiger partial charge < -0.3 is 14.6 Å². The van der Waals surface area contributed by atoms with Gasteiger partial charge in [-0.1, -0.05) is 30.9 Å². The van der Waals surface area contributed by atoms with Crippen molar-refractivity contribution in [2.24, 2.45) is 0 Å². The molecule has 1 N–H and O–H groups in total. The van der Waals surface area contributed by atoms with Crippen molar-refractivity contribution in [3.63, 3.8) is 0 Å². The molecule has 1 aromatic carbocycles. The number of carbonyl (C=O) groups excluding carboxylic acids is 3. The highest BCUT2D eigenvalue weighted by atomic mass is 35.5. The van der Waals surface area contributed by atoms with Gasteiger partial charge in [0.1, 0.15) is 11.1 Å². The molecule has 0 bridgehead atoms. The van der Waals surface area contributed by atoms with E-state index in [1.807, 2.05) is 11.0 Å². The van der Waals surface area contributed by atoms with Gasteiger partial charge in [-0.05, 0) is 43.9 Å². The van der Waals surface area contributed by atoms with Crippen molar-refractivity contribution >= 4 is 40.5 Å². The second kappa shape index (κ2) is 8.39. The second-order valence-electron chi connectivity index (χ2n) is 9.10. The maximum Gasteiger partial charge on any atom is 0.325 e. The van der Waals surface area contributed by atoms with Crippen LogP contribution < -0.4 is 5.32 Å². The van der Waals surface area contributed by atoms with E-state index in [4.69, 9.17) is 16.0 Å². The molecule has 3 aliphatic rings. The Bertz CT molecular complexity index is 1050. The fraction of sp³-hybridized carbons (Fsp3) is 0.565. The van der Waals surface area contributed by atoms with Crippen LogP contribution in [0.3, 0.4) is 0 Å². The van der Waals surface area contributed by atoms with Crippen LogP contribution in [0.15, 0.2) is 22.6 Å². The molecule has 4 amide bonds. The highest BCUT2D eigenvalue weighted by Crippen LogP contribution is 2.34. The Morgan fingerprint density at radius 2 is 1.94 bits per heavy atom. The molecule has 1 spiro atoms. The van der Waals surface area contributed by atoms with Crippen molar-refractivity contribution in [3.05, 3.63) is 29.1 Å². The smallest absolute Gasteiger partial charge is 0.325 e. The number of oxazole rings is 1. The number of rotatable bonds is 4. The zero-order valence-electron chi connectivity index (χ0n) is 17.9. The van der Waals surface area contributed by atoms with Crippen molar-refractivity contribution in [1.82, 2.24) is 20.1 Å². The number of aromatic nitrogens is 1. The summed E-state index contributed by atoms with van der Waals surface area (Å²) in [7, 11) is 0. The number of hydrogen-bond donors (Lipinski definition) is 1. The minimum Gasteiger partial charge on any atom is -0.440 e. The van der Waals surface area contributed by atoms with Crippen LogP contribution in [-0.4, -0.2) is 57.8 Å². The summed E-state index contributed by atoms with van der Waals surface area (Å²) in [5, 5.41) is 3.52. The fourth-order valence-electron chi connectivity index (χ4n) is 5.21. The lowest BCUT2D eigenvalue weighted by Crippen LogP contribution is -2.48. The predicted octanol–water partition coefficient (Wildman–Crippen LogP) is 3.83.